The Hall–Kier alpha value is -2.34. The highest BCUT2D eigenvalue weighted by molar-refractivity contribution is 7.08. The lowest BCUT2D eigenvalue weighted by molar-refractivity contribution is -0.142. The van der Waals surface area contributed by atoms with E-state index in [0.717, 1.165) is 6.07 Å². The number of carbonyl (C=O) groups excluding carboxylic acids is 2. The summed E-state index contributed by atoms with van der Waals surface area (Å²) in [7, 11) is 1.26. The van der Waals surface area contributed by atoms with E-state index in [-0.39, 0.29) is 22.6 Å². The van der Waals surface area contributed by atoms with Gasteiger partial charge in [0.2, 0.25) is 0 Å². The van der Waals surface area contributed by atoms with E-state index in [2.05, 4.69) is 0 Å². The maximum absolute atomic E-state index is 12.6. The molecule has 2 rings (SSSR count). The van der Waals surface area contributed by atoms with Crippen LogP contribution in [0.4, 0.5) is 0 Å². The fourth-order valence-electron chi connectivity index (χ4n) is 2.35. The summed E-state index contributed by atoms with van der Waals surface area (Å²) in [6.07, 6.45) is 0.374. The normalized spacial score (nSPS) is 11.9. The zero-order chi connectivity index (χ0) is 16.3. The van der Waals surface area contributed by atoms with Gasteiger partial charge in [0.25, 0.3) is 0 Å². The van der Waals surface area contributed by atoms with Crippen molar-refractivity contribution in [3.05, 3.63) is 45.6 Å². The van der Waals surface area contributed by atoms with Crippen LogP contribution in [-0.2, 0) is 9.53 Å². The van der Waals surface area contributed by atoms with Crippen LogP contribution in [0.25, 0.3) is 0 Å². The Balaban J connectivity index is 2.62. The first-order chi connectivity index (χ1) is 10.5. The molecule has 0 saturated heterocycles. The second-order valence-electron chi connectivity index (χ2n) is 4.75. The molecule has 1 aromatic heterocycles. The van der Waals surface area contributed by atoms with Gasteiger partial charge < -0.3 is 14.9 Å². The minimum Gasteiger partial charge on any atom is -0.508 e. The zero-order valence-corrected chi connectivity index (χ0v) is 13.0. The Morgan fingerprint density at radius 2 is 2.05 bits per heavy atom. The first-order valence-electron chi connectivity index (χ1n) is 6.70. The van der Waals surface area contributed by atoms with Crippen LogP contribution in [0, 0.1) is 0 Å². The molecular weight excluding hydrogens is 304 g/mol. The van der Waals surface area contributed by atoms with Gasteiger partial charge in [-0.05, 0) is 29.5 Å². The van der Waals surface area contributed by atoms with Crippen LogP contribution in [-0.4, -0.2) is 29.1 Å². The van der Waals surface area contributed by atoms with E-state index in [1.54, 1.807) is 23.8 Å². The number of carbonyl (C=O) groups is 2. The van der Waals surface area contributed by atoms with Crippen molar-refractivity contribution in [2.45, 2.75) is 19.3 Å². The Morgan fingerprint density at radius 1 is 1.32 bits per heavy atom. The predicted octanol–water partition coefficient (Wildman–Crippen LogP) is 3.06. The van der Waals surface area contributed by atoms with Crippen molar-refractivity contribution in [2.24, 2.45) is 0 Å². The molecule has 0 bridgehead atoms. The molecule has 5 nitrogen and oxygen atoms in total. The van der Waals surface area contributed by atoms with Crippen molar-refractivity contribution in [1.82, 2.24) is 0 Å². The molecule has 2 N–H and O–H groups in total. The first kappa shape index (κ1) is 16.0. The number of rotatable bonds is 5. The predicted molar refractivity (Wildman–Crippen MR) is 82.6 cm³/mol. The highest BCUT2D eigenvalue weighted by atomic mass is 32.1. The number of methoxy groups -OCH3 is 1. The first-order valence-corrected chi connectivity index (χ1v) is 7.64. The molecule has 1 unspecified atom stereocenters. The third-order valence-corrected chi connectivity index (χ3v) is 4.10. The molecule has 0 amide bonds. The minimum atomic E-state index is -0.736. The molecule has 0 aliphatic carbocycles. The maximum atomic E-state index is 12.6. The number of hydrogen-bond acceptors (Lipinski definition) is 6. The molecule has 2 aromatic rings. The third kappa shape index (κ3) is 2.96. The quantitative estimate of drug-likeness (QED) is 0.653. The zero-order valence-electron chi connectivity index (χ0n) is 12.2. The van der Waals surface area contributed by atoms with E-state index in [0.29, 0.717) is 12.0 Å². The topological polar surface area (TPSA) is 83.8 Å². The smallest absolute Gasteiger partial charge is 0.313 e. The Kier molecular flexibility index (Phi) is 4.82. The molecule has 0 fully saturated rings. The summed E-state index contributed by atoms with van der Waals surface area (Å²) in [5.74, 6) is -2.21. The van der Waals surface area contributed by atoms with Crippen molar-refractivity contribution in [3.8, 4) is 11.5 Å². The number of ketones is 1. The number of aromatic hydroxyl groups is 2. The molecule has 22 heavy (non-hydrogen) atoms. The second kappa shape index (κ2) is 6.62. The van der Waals surface area contributed by atoms with Crippen molar-refractivity contribution >= 4 is 23.1 Å². The summed E-state index contributed by atoms with van der Waals surface area (Å²) in [5.41, 5.74) is 0.712. The Labute approximate surface area is 131 Å². The van der Waals surface area contributed by atoms with Crippen molar-refractivity contribution in [1.29, 1.82) is 0 Å². The third-order valence-electron chi connectivity index (χ3n) is 3.41. The lowest BCUT2D eigenvalue weighted by Gasteiger charge is -2.17. The minimum absolute atomic E-state index is 0.0217. The second-order valence-corrected chi connectivity index (χ2v) is 5.53. The molecule has 116 valence electrons. The van der Waals surface area contributed by atoms with Crippen LogP contribution in [0.2, 0.25) is 0 Å². The molecule has 0 aliphatic heterocycles. The molecule has 0 spiro atoms. The van der Waals surface area contributed by atoms with Gasteiger partial charge in [-0.25, -0.2) is 0 Å². The summed E-state index contributed by atoms with van der Waals surface area (Å²) in [5, 5.41) is 23.2. The molecule has 1 atom stereocenters. The molecule has 0 radical (unpaired) electrons. The van der Waals surface area contributed by atoms with E-state index in [1.165, 1.54) is 24.5 Å². The van der Waals surface area contributed by atoms with E-state index in [9.17, 15) is 19.8 Å². The van der Waals surface area contributed by atoms with Gasteiger partial charge in [-0.2, -0.15) is 11.3 Å². The Bertz CT molecular complexity index is 691. The molecular formula is C16H16O5S. The molecule has 0 saturated carbocycles. The standard InChI is InChI=1S/C16H16O5S/c1-3-11(16(20)21-2)12-6-10(17)7-13(18)14(12)15(19)9-4-5-22-8-9/h4-8,11,17-18H,3H2,1-2H3. The monoisotopic (exact) mass is 320 g/mol. The lowest BCUT2D eigenvalue weighted by atomic mass is 9.88. The van der Waals surface area contributed by atoms with Gasteiger partial charge in [0, 0.05) is 17.0 Å². The number of hydrogen-bond donors (Lipinski definition) is 2. The maximum Gasteiger partial charge on any atom is 0.313 e. The highest BCUT2D eigenvalue weighted by Crippen LogP contribution is 2.35. The molecule has 1 aromatic carbocycles. The van der Waals surface area contributed by atoms with Crippen molar-refractivity contribution in [2.75, 3.05) is 7.11 Å². The Morgan fingerprint density at radius 3 is 2.59 bits per heavy atom. The van der Waals surface area contributed by atoms with Gasteiger partial charge >= 0.3 is 5.97 Å². The summed E-state index contributed by atoms with van der Waals surface area (Å²) < 4.78 is 4.75. The lowest BCUT2D eigenvalue weighted by Crippen LogP contribution is -2.17. The van der Waals surface area contributed by atoms with E-state index >= 15 is 0 Å². The number of thiophene rings is 1. The average molecular weight is 320 g/mol. The summed E-state index contributed by atoms with van der Waals surface area (Å²) >= 11 is 1.36. The van der Waals surface area contributed by atoms with Gasteiger partial charge in [0.05, 0.1) is 18.6 Å². The van der Waals surface area contributed by atoms with Crippen molar-refractivity contribution < 1.29 is 24.5 Å². The van der Waals surface area contributed by atoms with Crippen LogP contribution >= 0.6 is 11.3 Å². The van der Waals surface area contributed by atoms with Crippen LogP contribution in [0.15, 0.2) is 29.0 Å². The van der Waals surface area contributed by atoms with Crippen LogP contribution < -0.4 is 0 Å². The van der Waals surface area contributed by atoms with Crippen LogP contribution in [0.1, 0.15) is 40.7 Å². The van der Waals surface area contributed by atoms with E-state index < -0.39 is 17.7 Å². The van der Waals surface area contributed by atoms with E-state index in [4.69, 9.17) is 4.74 Å². The largest absolute Gasteiger partial charge is 0.508 e. The van der Waals surface area contributed by atoms with E-state index in [1.807, 2.05) is 0 Å². The van der Waals surface area contributed by atoms with Gasteiger partial charge in [-0.1, -0.05) is 6.92 Å². The number of esters is 1. The van der Waals surface area contributed by atoms with Gasteiger partial charge in [0.15, 0.2) is 5.78 Å². The molecule has 1 heterocycles. The highest BCUT2D eigenvalue weighted by Gasteiger charge is 2.28. The summed E-state index contributed by atoms with van der Waals surface area (Å²) in [6, 6.07) is 4.06. The number of phenols is 2. The summed E-state index contributed by atoms with van der Waals surface area (Å²) in [6.45, 7) is 1.77. The van der Waals surface area contributed by atoms with Gasteiger partial charge in [-0.3, -0.25) is 9.59 Å². The summed E-state index contributed by atoms with van der Waals surface area (Å²) in [4.78, 5) is 24.5. The molecule has 0 aliphatic rings. The van der Waals surface area contributed by atoms with Gasteiger partial charge in [-0.15, -0.1) is 0 Å². The van der Waals surface area contributed by atoms with Gasteiger partial charge in [0.1, 0.15) is 11.5 Å². The number of ether oxygens (including phenoxy) is 1. The number of phenolic OH excluding ortho intramolecular Hbond substituents is 2. The fraction of sp³-hybridized carbons (Fsp3) is 0.250. The van der Waals surface area contributed by atoms with Crippen molar-refractivity contribution in [3.63, 3.8) is 0 Å². The SMILES string of the molecule is CCC(C(=O)OC)c1cc(O)cc(O)c1C(=O)c1ccsc1. The molecule has 6 heteroatoms. The van der Waals surface area contributed by atoms with Crippen LogP contribution in [0.3, 0.4) is 0 Å². The fourth-order valence-corrected chi connectivity index (χ4v) is 2.99. The number of benzene rings is 1. The average Bonchev–Trinajstić information content (AvgIpc) is 3.01. The van der Waals surface area contributed by atoms with Crippen LogP contribution in [0.5, 0.6) is 11.5 Å².